The van der Waals surface area contributed by atoms with Crippen LogP contribution in [0, 0.1) is 6.92 Å². The monoisotopic (exact) mass is 191 g/mol. The summed E-state index contributed by atoms with van der Waals surface area (Å²) < 4.78 is 5.26. The molecule has 1 amide bonds. The van der Waals surface area contributed by atoms with Gasteiger partial charge in [-0.1, -0.05) is 0 Å². The normalized spacial score (nSPS) is 15.1. The van der Waals surface area contributed by atoms with Crippen LogP contribution in [0.5, 0.6) is 5.75 Å². The van der Waals surface area contributed by atoms with Crippen molar-refractivity contribution < 1.29 is 9.53 Å². The van der Waals surface area contributed by atoms with Crippen LogP contribution >= 0.6 is 0 Å². The standard InChI is InChI=1S/C9H9N3O2/c1-5-10-4-7-8(11-5)9(13)12(3)6(2)14-7/h4H,2H2,1,3H3. The molecule has 0 spiro atoms. The van der Waals surface area contributed by atoms with Crippen molar-refractivity contribution in [3.8, 4) is 5.75 Å². The maximum atomic E-state index is 11.7. The van der Waals surface area contributed by atoms with Gasteiger partial charge in [0.15, 0.2) is 17.3 Å². The zero-order valence-corrected chi connectivity index (χ0v) is 7.94. The predicted molar refractivity (Wildman–Crippen MR) is 48.6 cm³/mol. The van der Waals surface area contributed by atoms with Crippen LogP contribution in [0.15, 0.2) is 18.7 Å². The van der Waals surface area contributed by atoms with E-state index in [1.54, 1.807) is 14.0 Å². The van der Waals surface area contributed by atoms with Crippen molar-refractivity contribution >= 4 is 5.91 Å². The van der Waals surface area contributed by atoms with Gasteiger partial charge in [0.1, 0.15) is 5.82 Å². The highest BCUT2D eigenvalue weighted by molar-refractivity contribution is 5.96. The Morgan fingerprint density at radius 3 is 3.00 bits per heavy atom. The first-order valence-electron chi connectivity index (χ1n) is 4.08. The van der Waals surface area contributed by atoms with Gasteiger partial charge in [0.25, 0.3) is 5.91 Å². The molecular formula is C9H9N3O2. The zero-order chi connectivity index (χ0) is 10.3. The molecule has 0 N–H and O–H groups in total. The molecule has 1 aromatic heterocycles. The van der Waals surface area contributed by atoms with Crippen molar-refractivity contribution in [2.75, 3.05) is 7.05 Å². The number of hydrogen-bond acceptors (Lipinski definition) is 4. The van der Waals surface area contributed by atoms with E-state index in [-0.39, 0.29) is 17.5 Å². The second kappa shape index (κ2) is 2.80. The molecule has 0 unspecified atom stereocenters. The maximum absolute atomic E-state index is 11.7. The van der Waals surface area contributed by atoms with Crippen LogP contribution in [0.4, 0.5) is 0 Å². The van der Waals surface area contributed by atoms with Gasteiger partial charge in [-0.15, -0.1) is 0 Å². The maximum Gasteiger partial charge on any atom is 0.282 e. The van der Waals surface area contributed by atoms with Gasteiger partial charge in [-0.25, -0.2) is 9.97 Å². The predicted octanol–water partition coefficient (Wildman–Crippen LogP) is 0.721. The SMILES string of the molecule is C=C1Oc2cnc(C)nc2C(=O)N1C. The van der Waals surface area contributed by atoms with E-state index in [1.807, 2.05) is 0 Å². The van der Waals surface area contributed by atoms with Gasteiger partial charge in [-0.3, -0.25) is 9.69 Å². The summed E-state index contributed by atoms with van der Waals surface area (Å²) in [6, 6.07) is 0. The molecule has 0 saturated carbocycles. The Kier molecular flexibility index (Phi) is 1.73. The molecule has 0 atom stereocenters. The number of fused-ring (bicyclic) bond motifs is 1. The Morgan fingerprint density at radius 1 is 1.57 bits per heavy atom. The first-order valence-corrected chi connectivity index (χ1v) is 4.08. The minimum atomic E-state index is -0.221. The first kappa shape index (κ1) is 8.68. The van der Waals surface area contributed by atoms with E-state index in [9.17, 15) is 4.79 Å². The summed E-state index contributed by atoms with van der Waals surface area (Å²) in [6.45, 7) is 5.31. The van der Waals surface area contributed by atoms with Crippen molar-refractivity contribution in [2.45, 2.75) is 6.92 Å². The fourth-order valence-electron chi connectivity index (χ4n) is 1.15. The van der Waals surface area contributed by atoms with Gasteiger partial charge in [-0.2, -0.15) is 0 Å². The first-order chi connectivity index (χ1) is 6.59. The van der Waals surface area contributed by atoms with Crippen LogP contribution in [-0.4, -0.2) is 27.8 Å². The number of carbonyl (C=O) groups excluding carboxylic acids is 1. The summed E-state index contributed by atoms with van der Waals surface area (Å²) in [5.74, 6) is 0.974. The molecule has 0 radical (unpaired) electrons. The van der Waals surface area contributed by atoms with Crippen molar-refractivity contribution in [2.24, 2.45) is 0 Å². The molecule has 0 bridgehead atoms. The Morgan fingerprint density at radius 2 is 2.29 bits per heavy atom. The largest absolute Gasteiger partial charge is 0.437 e. The Hall–Kier alpha value is -1.91. The van der Waals surface area contributed by atoms with E-state index in [1.165, 1.54) is 11.1 Å². The number of rotatable bonds is 0. The average Bonchev–Trinajstić information content (AvgIpc) is 2.16. The molecule has 5 heteroatoms. The van der Waals surface area contributed by atoms with E-state index in [2.05, 4.69) is 16.5 Å². The third kappa shape index (κ3) is 1.14. The lowest BCUT2D eigenvalue weighted by Gasteiger charge is -2.25. The molecule has 1 aliphatic rings. The highest BCUT2D eigenvalue weighted by Crippen LogP contribution is 2.25. The smallest absolute Gasteiger partial charge is 0.282 e. The molecule has 0 aromatic carbocycles. The van der Waals surface area contributed by atoms with Crippen molar-refractivity contribution in [3.63, 3.8) is 0 Å². The minimum Gasteiger partial charge on any atom is -0.437 e. The van der Waals surface area contributed by atoms with Gasteiger partial charge in [0.05, 0.1) is 6.20 Å². The third-order valence-electron chi connectivity index (χ3n) is 1.98. The molecule has 72 valence electrons. The van der Waals surface area contributed by atoms with Crippen LogP contribution in [0.1, 0.15) is 16.3 Å². The quantitative estimate of drug-likeness (QED) is 0.606. The second-order valence-corrected chi connectivity index (χ2v) is 2.99. The number of nitrogens with zero attached hydrogens (tertiary/aromatic N) is 3. The number of carbonyl (C=O) groups is 1. The number of amides is 1. The van der Waals surface area contributed by atoms with Crippen LogP contribution in [-0.2, 0) is 0 Å². The Balaban J connectivity index is 2.57. The van der Waals surface area contributed by atoms with Crippen molar-refractivity contribution in [1.29, 1.82) is 0 Å². The highest BCUT2D eigenvalue weighted by Gasteiger charge is 2.27. The summed E-state index contributed by atoms with van der Waals surface area (Å²) in [5, 5.41) is 0. The van der Waals surface area contributed by atoms with E-state index >= 15 is 0 Å². The van der Waals surface area contributed by atoms with Gasteiger partial charge in [-0.05, 0) is 13.5 Å². The zero-order valence-electron chi connectivity index (χ0n) is 7.94. The van der Waals surface area contributed by atoms with Crippen LogP contribution < -0.4 is 4.74 Å². The third-order valence-corrected chi connectivity index (χ3v) is 1.98. The summed E-state index contributed by atoms with van der Waals surface area (Å²) in [6.07, 6.45) is 1.48. The topological polar surface area (TPSA) is 55.3 Å². The average molecular weight is 191 g/mol. The molecular weight excluding hydrogens is 182 g/mol. The summed E-state index contributed by atoms with van der Waals surface area (Å²) in [4.78, 5) is 20.9. The van der Waals surface area contributed by atoms with Crippen LogP contribution in [0.3, 0.4) is 0 Å². The Bertz CT molecular complexity index is 428. The molecule has 0 aliphatic carbocycles. The van der Waals surface area contributed by atoms with Crippen LogP contribution in [0.2, 0.25) is 0 Å². The van der Waals surface area contributed by atoms with E-state index < -0.39 is 0 Å². The molecule has 1 aromatic rings. The summed E-state index contributed by atoms with van der Waals surface area (Å²) in [7, 11) is 1.59. The number of hydrogen-bond donors (Lipinski definition) is 0. The summed E-state index contributed by atoms with van der Waals surface area (Å²) >= 11 is 0. The highest BCUT2D eigenvalue weighted by atomic mass is 16.5. The van der Waals surface area contributed by atoms with E-state index in [4.69, 9.17) is 4.74 Å². The number of aryl methyl sites for hydroxylation is 1. The van der Waals surface area contributed by atoms with Crippen molar-refractivity contribution in [3.05, 3.63) is 30.2 Å². The molecule has 0 fully saturated rings. The lowest BCUT2D eigenvalue weighted by Crippen LogP contribution is -2.33. The second-order valence-electron chi connectivity index (χ2n) is 2.99. The molecule has 0 saturated heterocycles. The molecule has 14 heavy (non-hydrogen) atoms. The van der Waals surface area contributed by atoms with Crippen LogP contribution in [0.25, 0.3) is 0 Å². The lowest BCUT2D eigenvalue weighted by atomic mass is 10.3. The molecule has 5 nitrogen and oxygen atoms in total. The van der Waals surface area contributed by atoms with Gasteiger partial charge < -0.3 is 4.74 Å². The van der Waals surface area contributed by atoms with Crippen molar-refractivity contribution in [1.82, 2.24) is 14.9 Å². The van der Waals surface area contributed by atoms with E-state index in [0.717, 1.165) is 0 Å². The number of ether oxygens (including phenoxy) is 1. The van der Waals surface area contributed by atoms with Gasteiger partial charge in [0.2, 0.25) is 0 Å². The fraction of sp³-hybridized carbons (Fsp3) is 0.222. The van der Waals surface area contributed by atoms with Gasteiger partial charge >= 0.3 is 0 Å². The minimum absolute atomic E-state index is 0.221. The lowest BCUT2D eigenvalue weighted by molar-refractivity contribution is 0.0734. The fourth-order valence-corrected chi connectivity index (χ4v) is 1.15. The van der Waals surface area contributed by atoms with E-state index in [0.29, 0.717) is 11.6 Å². The molecule has 2 heterocycles. The molecule has 1 aliphatic heterocycles. The molecule has 2 rings (SSSR count). The summed E-state index contributed by atoms with van der Waals surface area (Å²) in [5.41, 5.74) is 0.285. The Labute approximate surface area is 81.0 Å². The van der Waals surface area contributed by atoms with Gasteiger partial charge in [0, 0.05) is 7.05 Å². The number of aromatic nitrogens is 2.